The molecule has 2 N–H and O–H groups in total. The lowest BCUT2D eigenvalue weighted by Gasteiger charge is -2.08. The monoisotopic (exact) mass is 291 g/mol. The fraction of sp³-hybridized carbons (Fsp3) is 0.0526. The van der Waals surface area contributed by atoms with Crippen molar-refractivity contribution >= 4 is 5.69 Å². The highest BCUT2D eigenvalue weighted by Gasteiger charge is 2.00. The summed E-state index contributed by atoms with van der Waals surface area (Å²) in [4.78, 5) is 0. The SMILES string of the molecule is Cc1ccc(Oc2ccc(Oc3ccc(N)cc3)cc2)cc1. The summed E-state index contributed by atoms with van der Waals surface area (Å²) in [7, 11) is 0. The summed E-state index contributed by atoms with van der Waals surface area (Å²) >= 11 is 0. The maximum atomic E-state index is 5.78. The predicted octanol–water partition coefficient (Wildman–Crippen LogP) is 5.16. The molecule has 0 saturated carbocycles. The first-order valence-corrected chi connectivity index (χ1v) is 7.07. The van der Waals surface area contributed by atoms with Crippen molar-refractivity contribution in [2.45, 2.75) is 6.92 Å². The van der Waals surface area contributed by atoms with E-state index in [9.17, 15) is 0 Å². The number of hydrogen-bond donors (Lipinski definition) is 1. The number of nitrogens with two attached hydrogens (primary N) is 1. The van der Waals surface area contributed by atoms with Crippen molar-refractivity contribution in [2.75, 3.05) is 5.73 Å². The van der Waals surface area contributed by atoms with Gasteiger partial charge in [0.1, 0.15) is 23.0 Å². The molecule has 3 aromatic carbocycles. The normalized spacial score (nSPS) is 10.2. The number of hydrogen-bond acceptors (Lipinski definition) is 3. The van der Waals surface area contributed by atoms with Crippen LogP contribution < -0.4 is 15.2 Å². The van der Waals surface area contributed by atoms with Gasteiger partial charge in [0.2, 0.25) is 0 Å². The van der Waals surface area contributed by atoms with Gasteiger partial charge >= 0.3 is 0 Å². The van der Waals surface area contributed by atoms with Crippen molar-refractivity contribution in [2.24, 2.45) is 0 Å². The van der Waals surface area contributed by atoms with Crippen LogP contribution in [0.15, 0.2) is 72.8 Å². The minimum atomic E-state index is 0.717. The van der Waals surface area contributed by atoms with E-state index >= 15 is 0 Å². The van der Waals surface area contributed by atoms with Crippen molar-refractivity contribution in [3.8, 4) is 23.0 Å². The fourth-order valence-corrected chi connectivity index (χ4v) is 1.99. The third kappa shape index (κ3) is 3.58. The van der Waals surface area contributed by atoms with Crippen molar-refractivity contribution in [3.05, 3.63) is 78.4 Å². The molecule has 22 heavy (non-hydrogen) atoms. The van der Waals surface area contributed by atoms with Crippen LogP contribution in [0.2, 0.25) is 0 Å². The summed E-state index contributed by atoms with van der Waals surface area (Å²) < 4.78 is 11.5. The zero-order chi connectivity index (χ0) is 15.4. The van der Waals surface area contributed by atoms with Crippen LogP contribution in [-0.2, 0) is 0 Å². The van der Waals surface area contributed by atoms with E-state index in [1.807, 2.05) is 79.7 Å². The second-order valence-electron chi connectivity index (χ2n) is 5.06. The van der Waals surface area contributed by atoms with Crippen molar-refractivity contribution in [1.82, 2.24) is 0 Å². The summed E-state index contributed by atoms with van der Waals surface area (Å²) in [6.07, 6.45) is 0. The Kier molecular flexibility index (Phi) is 3.97. The predicted molar refractivity (Wildman–Crippen MR) is 88.6 cm³/mol. The van der Waals surface area contributed by atoms with Crippen LogP contribution in [0.5, 0.6) is 23.0 Å². The zero-order valence-electron chi connectivity index (χ0n) is 12.3. The molecule has 0 amide bonds. The molecule has 110 valence electrons. The first-order chi connectivity index (χ1) is 10.7. The first kappa shape index (κ1) is 14.0. The Balaban J connectivity index is 1.67. The molecule has 3 aromatic rings. The van der Waals surface area contributed by atoms with E-state index in [4.69, 9.17) is 15.2 Å². The van der Waals surface area contributed by atoms with E-state index < -0.39 is 0 Å². The minimum absolute atomic E-state index is 0.717. The van der Waals surface area contributed by atoms with Crippen LogP contribution in [0, 0.1) is 6.92 Å². The van der Waals surface area contributed by atoms with E-state index in [1.165, 1.54) is 5.56 Å². The fourth-order valence-electron chi connectivity index (χ4n) is 1.99. The highest BCUT2D eigenvalue weighted by Crippen LogP contribution is 2.27. The van der Waals surface area contributed by atoms with E-state index in [2.05, 4.69) is 0 Å². The Morgan fingerprint density at radius 1 is 0.545 bits per heavy atom. The summed E-state index contributed by atoms with van der Waals surface area (Å²) in [5, 5.41) is 0. The Morgan fingerprint density at radius 2 is 0.864 bits per heavy atom. The lowest BCUT2D eigenvalue weighted by molar-refractivity contribution is 0.469. The van der Waals surface area contributed by atoms with Gasteiger partial charge in [0.15, 0.2) is 0 Å². The van der Waals surface area contributed by atoms with E-state index in [-0.39, 0.29) is 0 Å². The average Bonchev–Trinajstić information content (AvgIpc) is 2.54. The van der Waals surface area contributed by atoms with E-state index in [0.717, 1.165) is 23.0 Å². The highest BCUT2D eigenvalue weighted by molar-refractivity contribution is 5.43. The van der Waals surface area contributed by atoms with Gasteiger partial charge in [-0.05, 0) is 67.6 Å². The second kappa shape index (κ2) is 6.22. The quantitative estimate of drug-likeness (QED) is 0.675. The standard InChI is InChI=1S/C19H17NO2/c1-14-2-6-16(7-3-14)21-18-10-12-19(13-11-18)22-17-8-4-15(20)5-9-17/h2-13H,20H2,1H3. The molecule has 0 bridgehead atoms. The third-order valence-corrected chi connectivity index (χ3v) is 3.20. The topological polar surface area (TPSA) is 44.5 Å². The van der Waals surface area contributed by atoms with Crippen LogP contribution in [0.3, 0.4) is 0 Å². The molecule has 0 unspecified atom stereocenters. The number of nitrogen functional groups attached to an aromatic ring is 1. The van der Waals surface area contributed by atoms with Crippen LogP contribution in [0.25, 0.3) is 0 Å². The molecule has 0 aromatic heterocycles. The third-order valence-electron chi connectivity index (χ3n) is 3.20. The van der Waals surface area contributed by atoms with Gasteiger partial charge < -0.3 is 15.2 Å². The number of benzene rings is 3. The number of ether oxygens (including phenoxy) is 2. The smallest absolute Gasteiger partial charge is 0.127 e. The Morgan fingerprint density at radius 3 is 1.27 bits per heavy atom. The van der Waals surface area contributed by atoms with Gasteiger partial charge in [-0.2, -0.15) is 0 Å². The molecule has 0 atom stereocenters. The largest absolute Gasteiger partial charge is 0.457 e. The van der Waals surface area contributed by atoms with Crippen molar-refractivity contribution in [1.29, 1.82) is 0 Å². The Labute approximate surface area is 129 Å². The molecule has 3 heteroatoms. The van der Waals surface area contributed by atoms with Gasteiger partial charge in [0.05, 0.1) is 0 Å². The van der Waals surface area contributed by atoms with Gasteiger partial charge in [0.25, 0.3) is 0 Å². The summed E-state index contributed by atoms with van der Waals surface area (Å²) in [5.74, 6) is 3.09. The summed E-state index contributed by atoms with van der Waals surface area (Å²) in [6, 6.07) is 22.8. The van der Waals surface area contributed by atoms with E-state index in [1.54, 1.807) is 0 Å². The molecule has 0 saturated heterocycles. The van der Waals surface area contributed by atoms with E-state index in [0.29, 0.717) is 5.69 Å². The van der Waals surface area contributed by atoms with Crippen LogP contribution in [0.4, 0.5) is 5.69 Å². The maximum Gasteiger partial charge on any atom is 0.127 e. The molecular weight excluding hydrogens is 274 g/mol. The summed E-state index contributed by atoms with van der Waals surface area (Å²) in [6.45, 7) is 2.05. The van der Waals surface area contributed by atoms with Gasteiger partial charge in [-0.25, -0.2) is 0 Å². The minimum Gasteiger partial charge on any atom is -0.457 e. The molecule has 3 nitrogen and oxygen atoms in total. The molecular formula is C19H17NO2. The van der Waals surface area contributed by atoms with Crippen molar-refractivity contribution in [3.63, 3.8) is 0 Å². The van der Waals surface area contributed by atoms with Gasteiger partial charge in [0, 0.05) is 5.69 Å². The lowest BCUT2D eigenvalue weighted by Crippen LogP contribution is -1.87. The molecule has 0 aliphatic rings. The Hall–Kier alpha value is -2.94. The number of rotatable bonds is 4. The molecule has 0 radical (unpaired) electrons. The van der Waals surface area contributed by atoms with Gasteiger partial charge in [-0.1, -0.05) is 17.7 Å². The highest BCUT2D eigenvalue weighted by atomic mass is 16.5. The van der Waals surface area contributed by atoms with Crippen LogP contribution in [0.1, 0.15) is 5.56 Å². The lowest BCUT2D eigenvalue weighted by atomic mass is 10.2. The van der Waals surface area contributed by atoms with Gasteiger partial charge in [-0.15, -0.1) is 0 Å². The molecule has 0 fully saturated rings. The zero-order valence-corrected chi connectivity index (χ0v) is 12.3. The van der Waals surface area contributed by atoms with Gasteiger partial charge in [-0.3, -0.25) is 0 Å². The first-order valence-electron chi connectivity index (χ1n) is 7.07. The van der Waals surface area contributed by atoms with Crippen molar-refractivity contribution < 1.29 is 9.47 Å². The molecule has 0 aliphatic carbocycles. The number of aryl methyl sites for hydroxylation is 1. The second-order valence-corrected chi connectivity index (χ2v) is 5.06. The molecule has 0 spiro atoms. The molecule has 3 rings (SSSR count). The molecule has 0 heterocycles. The van der Waals surface area contributed by atoms with Crippen LogP contribution >= 0.6 is 0 Å². The Bertz CT molecular complexity index is 665. The summed E-state index contributed by atoms with van der Waals surface area (Å²) in [5.41, 5.74) is 7.58. The average molecular weight is 291 g/mol. The maximum absolute atomic E-state index is 5.78. The molecule has 0 aliphatic heterocycles. The number of anilines is 1. The van der Waals surface area contributed by atoms with Crippen LogP contribution in [-0.4, -0.2) is 0 Å².